The summed E-state index contributed by atoms with van der Waals surface area (Å²) in [4.78, 5) is 13.2. The summed E-state index contributed by atoms with van der Waals surface area (Å²) >= 11 is 0. The summed E-state index contributed by atoms with van der Waals surface area (Å²) in [5.41, 5.74) is 2.11. The molecule has 1 heterocycles. The van der Waals surface area contributed by atoms with Gasteiger partial charge in [-0.1, -0.05) is 71.9 Å². The fourth-order valence-electron chi connectivity index (χ4n) is 4.21. The number of hydrogen-bond donors (Lipinski definition) is 1. The molecule has 0 aromatic heterocycles. The number of amides is 1. The van der Waals surface area contributed by atoms with Gasteiger partial charge in [0.1, 0.15) is 17.1 Å². The number of carbonyl (C=O) groups excluding carboxylic acids is 1. The lowest BCUT2D eigenvalue weighted by Gasteiger charge is -2.42. The van der Waals surface area contributed by atoms with E-state index in [2.05, 4.69) is 52.1 Å². The maximum Gasteiger partial charge on any atom is 0.261 e. The third kappa shape index (κ3) is 5.23. The smallest absolute Gasteiger partial charge is 0.261 e. The Kier molecular flexibility index (Phi) is 6.98. The largest absolute Gasteiger partial charge is 0.487 e. The summed E-state index contributed by atoms with van der Waals surface area (Å²) in [5.74, 6) is 1.51. The highest BCUT2D eigenvalue weighted by atomic mass is 16.5. The molecule has 0 fully saturated rings. The van der Waals surface area contributed by atoms with Crippen molar-refractivity contribution in [2.75, 3.05) is 0 Å². The number of nitrogens with one attached hydrogen (secondary N) is 1. The number of hydrogen-bond acceptors (Lipinski definition) is 3. The number of rotatable bonds is 7. The quantitative estimate of drug-likeness (QED) is 0.565. The summed E-state index contributed by atoms with van der Waals surface area (Å²) in [5, 5.41) is 3.26. The summed E-state index contributed by atoms with van der Waals surface area (Å²) < 4.78 is 12.5. The van der Waals surface area contributed by atoms with Crippen molar-refractivity contribution >= 4 is 5.91 Å². The Balaban J connectivity index is 1.75. The molecule has 4 heteroatoms. The second kappa shape index (κ2) is 9.33. The zero-order valence-electron chi connectivity index (χ0n) is 19.8. The van der Waals surface area contributed by atoms with Crippen LogP contribution in [-0.4, -0.2) is 17.6 Å². The van der Waals surface area contributed by atoms with Crippen LogP contribution in [0, 0.1) is 0 Å². The van der Waals surface area contributed by atoms with Crippen LogP contribution in [0.3, 0.4) is 0 Å². The first-order valence-corrected chi connectivity index (χ1v) is 11.6. The number of benzene rings is 2. The molecule has 0 aliphatic carbocycles. The molecule has 0 saturated carbocycles. The second-order valence-corrected chi connectivity index (χ2v) is 9.58. The molecule has 1 aliphatic heterocycles. The average Bonchev–Trinajstić information content (AvgIpc) is 2.76. The second-order valence-electron chi connectivity index (χ2n) is 9.58. The average molecular weight is 424 g/mol. The van der Waals surface area contributed by atoms with E-state index < -0.39 is 6.10 Å². The van der Waals surface area contributed by atoms with Crippen LogP contribution >= 0.6 is 0 Å². The normalized spacial score (nSPS) is 18.5. The van der Waals surface area contributed by atoms with Crippen LogP contribution < -0.4 is 14.8 Å². The molecule has 2 aromatic rings. The van der Waals surface area contributed by atoms with E-state index in [1.807, 2.05) is 43.3 Å². The molecule has 0 radical (unpaired) electrons. The molecule has 31 heavy (non-hydrogen) atoms. The van der Waals surface area contributed by atoms with Crippen molar-refractivity contribution in [3.05, 3.63) is 59.7 Å². The van der Waals surface area contributed by atoms with Gasteiger partial charge < -0.3 is 14.8 Å². The lowest BCUT2D eigenvalue weighted by molar-refractivity contribution is -0.129. The number of carbonyl (C=O) groups is 1. The first-order valence-electron chi connectivity index (χ1n) is 11.6. The van der Waals surface area contributed by atoms with Crippen LogP contribution in [0.1, 0.15) is 84.4 Å². The molecule has 1 N–H and O–H groups in total. The van der Waals surface area contributed by atoms with Gasteiger partial charge in [-0.2, -0.15) is 0 Å². The van der Waals surface area contributed by atoms with Crippen molar-refractivity contribution < 1.29 is 14.3 Å². The molecular formula is C27H37NO3. The minimum absolute atomic E-state index is 0.0785. The third-order valence-corrected chi connectivity index (χ3v) is 6.46. The van der Waals surface area contributed by atoms with Gasteiger partial charge in [0, 0.05) is 12.0 Å². The van der Waals surface area contributed by atoms with Gasteiger partial charge in [0.2, 0.25) is 0 Å². The van der Waals surface area contributed by atoms with Crippen molar-refractivity contribution in [3.63, 3.8) is 0 Å². The van der Waals surface area contributed by atoms with Gasteiger partial charge in [-0.25, -0.2) is 0 Å². The van der Waals surface area contributed by atoms with E-state index in [4.69, 9.17) is 9.47 Å². The van der Waals surface area contributed by atoms with E-state index in [1.165, 1.54) is 5.56 Å². The Morgan fingerprint density at radius 2 is 1.74 bits per heavy atom. The zero-order chi connectivity index (χ0) is 22.6. The monoisotopic (exact) mass is 423 g/mol. The Bertz CT molecular complexity index is 878. The first kappa shape index (κ1) is 23.2. The van der Waals surface area contributed by atoms with Gasteiger partial charge in [-0.3, -0.25) is 4.79 Å². The lowest BCUT2D eigenvalue weighted by atomic mass is 9.83. The third-order valence-electron chi connectivity index (χ3n) is 6.46. The molecule has 2 aromatic carbocycles. The topological polar surface area (TPSA) is 47.6 Å². The predicted molar refractivity (Wildman–Crippen MR) is 126 cm³/mol. The van der Waals surface area contributed by atoms with E-state index in [0.29, 0.717) is 6.42 Å². The standard InChI is InChI=1S/C27H37NO3/c1-7-23(30-20-16-14-19(15-17-20)26(4,5)6)25(29)28-22-18-27(8-2,9-3)31-24-13-11-10-12-21(22)24/h10-17,22-23H,7-9,18H2,1-6H3,(H,28,29)/t22-,23+/m0/s1. The number of para-hydroxylation sites is 1. The van der Waals surface area contributed by atoms with Crippen LogP contribution in [0.2, 0.25) is 0 Å². The zero-order valence-corrected chi connectivity index (χ0v) is 19.8. The summed E-state index contributed by atoms with van der Waals surface area (Å²) in [6, 6.07) is 16.0. The Labute approximate surface area is 187 Å². The lowest BCUT2D eigenvalue weighted by Crippen LogP contribution is -2.47. The Morgan fingerprint density at radius 1 is 1.10 bits per heavy atom. The SMILES string of the molecule is CC[C@@H](Oc1ccc(C(C)(C)C)cc1)C(=O)N[C@H]1CC(CC)(CC)Oc2ccccc21. The predicted octanol–water partition coefficient (Wildman–Crippen LogP) is 6.34. The molecule has 0 bridgehead atoms. The maximum absolute atomic E-state index is 13.2. The van der Waals surface area contributed by atoms with E-state index >= 15 is 0 Å². The number of ether oxygens (including phenoxy) is 2. The van der Waals surface area contributed by atoms with E-state index in [1.54, 1.807) is 0 Å². The van der Waals surface area contributed by atoms with Crippen molar-refractivity contribution in [1.29, 1.82) is 0 Å². The fraction of sp³-hybridized carbons (Fsp3) is 0.519. The molecule has 1 amide bonds. The van der Waals surface area contributed by atoms with Crippen LogP contribution in [0.4, 0.5) is 0 Å². The Morgan fingerprint density at radius 3 is 2.32 bits per heavy atom. The summed E-state index contributed by atoms with van der Waals surface area (Å²) in [6.07, 6.45) is 2.63. The van der Waals surface area contributed by atoms with Gasteiger partial charge in [0.15, 0.2) is 6.10 Å². The highest BCUT2D eigenvalue weighted by Crippen LogP contribution is 2.42. The molecule has 0 unspecified atom stereocenters. The van der Waals surface area contributed by atoms with Gasteiger partial charge in [0.25, 0.3) is 5.91 Å². The van der Waals surface area contributed by atoms with Crippen molar-refractivity contribution in [1.82, 2.24) is 5.32 Å². The summed E-state index contributed by atoms with van der Waals surface area (Å²) in [6.45, 7) is 12.8. The highest BCUT2D eigenvalue weighted by molar-refractivity contribution is 5.81. The van der Waals surface area contributed by atoms with E-state index in [9.17, 15) is 4.79 Å². The van der Waals surface area contributed by atoms with Crippen LogP contribution in [0.5, 0.6) is 11.5 Å². The Hall–Kier alpha value is -2.49. The minimum atomic E-state index is -0.534. The van der Waals surface area contributed by atoms with E-state index in [0.717, 1.165) is 36.3 Å². The molecule has 168 valence electrons. The van der Waals surface area contributed by atoms with Gasteiger partial charge in [-0.15, -0.1) is 0 Å². The van der Waals surface area contributed by atoms with Gasteiger partial charge in [0.05, 0.1) is 6.04 Å². The molecule has 2 atom stereocenters. The maximum atomic E-state index is 13.2. The van der Waals surface area contributed by atoms with Crippen molar-refractivity contribution in [2.24, 2.45) is 0 Å². The number of fused-ring (bicyclic) bond motifs is 1. The van der Waals surface area contributed by atoms with Crippen molar-refractivity contribution in [2.45, 2.75) is 90.4 Å². The van der Waals surface area contributed by atoms with Crippen LogP contribution in [0.25, 0.3) is 0 Å². The van der Waals surface area contributed by atoms with Gasteiger partial charge >= 0.3 is 0 Å². The summed E-state index contributed by atoms with van der Waals surface area (Å²) in [7, 11) is 0. The molecule has 0 saturated heterocycles. The molecule has 0 spiro atoms. The fourth-order valence-corrected chi connectivity index (χ4v) is 4.21. The minimum Gasteiger partial charge on any atom is -0.487 e. The molecular weight excluding hydrogens is 386 g/mol. The van der Waals surface area contributed by atoms with Crippen LogP contribution in [0.15, 0.2) is 48.5 Å². The van der Waals surface area contributed by atoms with Gasteiger partial charge in [-0.05, 0) is 48.4 Å². The molecule has 3 rings (SSSR count). The molecule has 4 nitrogen and oxygen atoms in total. The van der Waals surface area contributed by atoms with Crippen molar-refractivity contribution in [3.8, 4) is 11.5 Å². The molecule has 1 aliphatic rings. The highest BCUT2D eigenvalue weighted by Gasteiger charge is 2.39. The van der Waals surface area contributed by atoms with Crippen LogP contribution in [-0.2, 0) is 10.2 Å². The first-order chi connectivity index (χ1) is 14.7. The van der Waals surface area contributed by atoms with E-state index in [-0.39, 0.29) is 23.0 Å².